The second-order valence-electron chi connectivity index (χ2n) is 3.91. The number of carbonyl (C=O) groups excluding carboxylic acids is 1. The number of Topliss-reactive ketones (excluding diaryl/α,β-unsaturated/α-hetero) is 1. The summed E-state index contributed by atoms with van der Waals surface area (Å²) in [6.45, 7) is 0. The van der Waals surface area contributed by atoms with E-state index in [1.54, 1.807) is 0 Å². The zero-order valence-corrected chi connectivity index (χ0v) is 8.90. The van der Waals surface area contributed by atoms with Crippen molar-refractivity contribution in [3.8, 4) is 0 Å². The van der Waals surface area contributed by atoms with E-state index < -0.39 is 11.6 Å². The van der Waals surface area contributed by atoms with E-state index in [-0.39, 0.29) is 11.3 Å². The summed E-state index contributed by atoms with van der Waals surface area (Å²) in [5.74, 6) is -1.06. The normalized spacial score (nSPS) is 16.8. The van der Waals surface area contributed by atoms with Gasteiger partial charge < -0.3 is 9.84 Å². The highest BCUT2D eigenvalue weighted by molar-refractivity contribution is 6.05. The molecule has 4 heteroatoms. The first-order chi connectivity index (χ1) is 7.59. The van der Waals surface area contributed by atoms with Gasteiger partial charge in [-0.1, -0.05) is 12.1 Å². The Morgan fingerprint density at radius 3 is 2.06 bits per heavy atom. The van der Waals surface area contributed by atoms with Crippen LogP contribution in [-0.2, 0) is 4.74 Å². The molecule has 0 amide bonds. The first kappa shape index (κ1) is 10.8. The number of carbonyl (C=O) groups is 2. The van der Waals surface area contributed by atoms with E-state index in [4.69, 9.17) is 9.84 Å². The number of aromatic carboxylic acids is 1. The third kappa shape index (κ3) is 1.72. The Bertz CT molecular complexity index is 429. The maximum atomic E-state index is 12.0. The predicted octanol–water partition coefficient (Wildman–Crippen LogP) is 1.75. The van der Waals surface area contributed by atoms with Crippen molar-refractivity contribution in [3.63, 3.8) is 0 Å². The Morgan fingerprint density at radius 1 is 1.19 bits per heavy atom. The van der Waals surface area contributed by atoms with E-state index in [0.29, 0.717) is 5.56 Å². The number of benzene rings is 1. The Labute approximate surface area is 92.8 Å². The number of ether oxygens (including phenoxy) is 1. The van der Waals surface area contributed by atoms with Crippen molar-refractivity contribution in [3.05, 3.63) is 35.4 Å². The van der Waals surface area contributed by atoms with E-state index in [1.807, 2.05) is 0 Å². The molecular formula is C12H12O4. The fraction of sp³-hybridized carbons (Fsp3) is 0.333. The summed E-state index contributed by atoms with van der Waals surface area (Å²) in [5, 5.41) is 8.72. The van der Waals surface area contributed by atoms with Gasteiger partial charge in [0.15, 0.2) is 5.78 Å². The van der Waals surface area contributed by atoms with Gasteiger partial charge in [-0.15, -0.1) is 0 Å². The number of hydrogen-bond donors (Lipinski definition) is 1. The number of hydrogen-bond acceptors (Lipinski definition) is 3. The van der Waals surface area contributed by atoms with Crippen molar-refractivity contribution >= 4 is 11.8 Å². The molecule has 1 aromatic rings. The van der Waals surface area contributed by atoms with Gasteiger partial charge in [0.05, 0.1) is 5.56 Å². The number of carboxylic acid groups (broad SMARTS) is 1. The molecule has 0 spiro atoms. The van der Waals surface area contributed by atoms with Crippen LogP contribution in [0.1, 0.15) is 33.6 Å². The summed E-state index contributed by atoms with van der Waals surface area (Å²) in [4.78, 5) is 22.6. The molecule has 0 atom stereocenters. The molecule has 0 heterocycles. The molecule has 0 bridgehead atoms. The predicted molar refractivity (Wildman–Crippen MR) is 56.7 cm³/mol. The Kier molecular flexibility index (Phi) is 2.52. The lowest BCUT2D eigenvalue weighted by Gasteiger charge is -2.11. The van der Waals surface area contributed by atoms with Crippen LogP contribution in [0.3, 0.4) is 0 Å². The second kappa shape index (κ2) is 3.72. The lowest BCUT2D eigenvalue weighted by Crippen LogP contribution is -2.24. The van der Waals surface area contributed by atoms with E-state index in [0.717, 1.165) is 12.8 Å². The van der Waals surface area contributed by atoms with Crippen LogP contribution < -0.4 is 0 Å². The van der Waals surface area contributed by atoms with Gasteiger partial charge in [-0.05, 0) is 25.0 Å². The summed E-state index contributed by atoms with van der Waals surface area (Å²) in [6, 6.07) is 5.93. The maximum absolute atomic E-state index is 12.0. The minimum absolute atomic E-state index is 0.0630. The third-order valence-electron chi connectivity index (χ3n) is 2.90. The first-order valence-electron chi connectivity index (χ1n) is 5.02. The quantitative estimate of drug-likeness (QED) is 0.785. The van der Waals surface area contributed by atoms with Crippen LogP contribution in [0, 0.1) is 0 Å². The SMILES string of the molecule is COC1(C(=O)c2ccc(C(=O)O)cc2)CC1. The van der Waals surface area contributed by atoms with Crippen LogP contribution in [0.4, 0.5) is 0 Å². The van der Waals surface area contributed by atoms with Crippen LogP contribution in [0.25, 0.3) is 0 Å². The maximum Gasteiger partial charge on any atom is 0.335 e. The van der Waals surface area contributed by atoms with Crippen molar-refractivity contribution in [1.29, 1.82) is 0 Å². The van der Waals surface area contributed by atoms with Crippen molar-refractivity contribution in [1.82, 2.24) is 0 Å². The van der Waals surface area contributed by atoms with Crippen LogP contribution in [0.2, 0.25) is 0 Å². The molecule has 0 unspecified atom stereocenters. The fourth-order valence-corrected chi connectivity index (χ4v) is 1.66. The molecule has 0 aliphatic heterocycles. The highest BCUT2D eigenvalue weighted by atomic mass is 16.5. The molecule has 1 saturated carbocycles. The minimum atomic E-state index is -0.994. The largest absolute Gasteiger partial charge is 0.478 e. The van der Waals surface area contributed by atoms with E-state index in [9.17, 15) is 9.59 Å². The standard InChI is InChI=1S/C12H12O4/c1-16-12(6-7-12)10(13)8-2-4-9(5-3-8)11(14)15/h2-5H,6-7H2,1H3,(H,14,15). The van der Waals surface area contributed by atoms with Gasteiger partial charge in [-0.3, -0.25) is 4.79 Å². The summed E-state index contributed by atoms with van der Waals surface area (Å²) in [5.41, 5.74) is 0.0354. The Balaban J connectivity index is 2.22. The lowest BCUT2D eigenvalue weighted by molar-refractivity contribution is 0.0515. The second-order valence-corrected chi connectivity index (χ2v) is 3.91. The minimum Gasteiger partial charge on any atom is -0.478 e. The van der Waals surface area contributed by atoms with Gasteiger partial charge in [0.25, 0.3) is 0 Å². The number of methoxy groups -OCH3 is 1. The summed E-state index contributed by atoms with van der Waals surface area (Å²) >= 11 is 0. The highest BCUT2D eigenvalue weighted by Gasteiger charge is 2.50. The van der Waals surface area contributed by atoms with Crippen molar-refractivity contribution < 1.29 is 19.4 Å². The van der Waals surface area contributed by atoms with Gasteiger partial charge in [0.1, 0.15) is 5.60 Å². The first-order valence-corrected chi connectivity index (χ1v) is 5.02. The van der Waals surface area contributed by atoms with Crippen molar-refractivity contribution in [2.45, 2.75) is 18.4 Å². The summed E-state index contributed by atoms with van der Waals surface area (Å²) < 4.78 is 5.18. The molecule has 1 N–H and O–H groups in total. The lowest BCUT2D eigenvalue weighted by atomic mass is 10.0. The molecule has 1 aromatic carbocycles. The van der Waals surface area contributed by atoms with Crippen LogP contribution in [0.5, 0.6) is 0 Å². The molecule has 0 aromatic heterocycles. The summed E-state index contributed by atoms with van der Waals surface area (Å²) in [7, 11) is 1.52. The average molecular weight is 220 g/mol. The summed E-state index contributed by atoms with van der Waals surface area (Å²) in [6.07, 6.45) is 1.48. The number of ketones is 1. The molecule has 4 nitrogen and oxygen atoms in total. The van der Waals surface area contributed by atoms with E-state index in [2.05, 4.69) is 0 Å². The van der Waals surface area contributed by atoms with Crippen LogP contribution in [-0.4, -0.2) is 29.6 Å². The topological polar surface area (TPSA) is 63.6 Å². The zero-order chi connectivity index (χ0) is 11.8. The molecule has 1 aliphatic rings. The third-order valence-corrected chi connectivity index (χ3v) is 2.90. The van der Waals surface area contributed by atoms with Crippen molar-refractivity contribution in [2.24, 2.45) is 0 Å². The van der Waals surface area contributed by atoms with Gasteiger partial charge in [-0.2, -0.15) is 0 Å². The van der Waals surface area contributed by atoms with Gasteiger partial charge in [0, 0.05) is 12.7 Å². The number of carboxylic acids is 1. The molecule has 1 fully saturated rings. The van der Waals surface area contributed by atoms with E-state index in [1.165, 1.54) is 31.4 Å². The van der Waals surface area contributed by atoms with E-state index >= 15 is 0 Å². The molecule has 0 radical (unpaired) electrons. The van der Waals surface area contributed by atoms with Crippen LogP contribution >= 0.6 is 0 Å². The van der Waals surface area contributed by atoms with Gasteiger partial charge >= 0.3 is 5.97 Å². The molecule has 2 rings (SSSR count). The molecule has 16 heavy (non-hydrogen) atoms. The monoisotopic (exact) mass is 220 g/mol. The smallest absolute Gasteiger partial charge is 0.335 e. The molecule has 0 saturated heterocycles. The number of rotatable bonds is 4. The van der Waals surface area contributed by atoms with Gasteiger partial charge in [-0.25, -0.2) is 4.79 Å². The molecular weight excluding hydrogens is 208 g/mol. The highest BCUT2D eigenvalue weighted by Crippen LogP contribution is 2.41. The Morgan fingerprint density at radius 2 is 1.69 bits per heavy atom. The fourth-order valence-electron chi connectivity index (χ4n) is 1.66. The molecule has 1 aliphatic carbocycles. The Hall–Kier alpha value is -1.68. The zero-order valence-electron chi connectivity index (χ0n) is 8.90. The van der Waals surface area contributed by atoms with Crippen LogP contribution in [0.15, 0.2) is 24.3 Å². The van der Waals surface area contributed by atoms with Gasteiger partial charge in [0.2, 0.25) is 0 Å². The average Bonchev–Trinajstić information content (AvgIpc) is 3.09. The van der Waals surface area contributed by atoms with Crippen molar-refractivity contribution in [2.75, 3.05) is 7.11 Å². The molecule has 84 valence electrons.